The number of rotatable bonds is 10. The van der Waals surface area contributed by atoms with Gasteiger partial charge in [0.25, 0.3) is 5.56 Å². The summed E-state index contributed by atoms with van der Waals surface area (Å²) in [6, 6.07) is 15.7. The number of carboxylic acids is 2. The third kappa shape index (κ3) is 8.38. The number of carbonyl (C=O) groups is 2. The zero-order valence-corrected chi connectivity index (χ0v) is 20.2. The summed E-state index contributed by atoms with van der Waals surface area (Å²) < 4.78 is 7.08. The summed E-state index contributed by atoms with van der Waals surface area (Å²) >= 11 is 0. The van der Waals surface area contributed by atoms with Crippen LogP contribution in [0.3, 0.4) is 0 Å². The highest BCUT2D eigenvalue weighted by atomic mass is 16.5. The number of hydrogen-bond donors (Lipinski definition) is 2. The van der Waals surface area contributed by atoms with Crippen molar-refractivity contribution in [2.75, 3.05) is 26.7 Å². The smallest absolute Gasteiger partial charge is 0.328 e. The second-order valence-corrected chi connectivity index (χ2v) is 7.57. The molecule has 1 aromatic heterocycles. The molecule has 1 heterocycles. The Morgan fingerprint density at radius 3 is 2.14 bits per heavy atom. The molecule has 0 amide bonds. The van der Waals surface area contributed by atoms with Crippen LogP contribution in [0.1, 0.15) is 25.1 Å². The van der Waals surface area contributed by atoms with E-state index in [0.717, 1.165) is 42.0 Å². The van der Waals surface area contributed by atoms with Crippen LogP contribution in [-0.4, -0.2) is 63.3 Å². The maximum Gasteiger partial charge on any atom is 0.328 e. The Labute approximate surface area is 203 Å². The first-order valence-electron chi connectivity index (χ1n) is 11.3. The van der Waals surface area contributed by atoms with Crippen LogP contribution >= 0.6 is 0 Å². The van der Waals surface area contributed by atoms with Gasteiger partial charge in [0, 0.05) is 31.7 Å². The Balaban J connectivity index is 0.000000466. The highest BCUT2D eigenvalue weighted by molar-refractivity contribution is 5.89. The minimum absolute atomic E-state index is 0.00308. The Kier molecular flexibility index (Phi) is 10.6. The van der Waals surface area contributed by atoms with E-state index in [1.807, 2.05) is 53.1 Å². The number of methoxy groups -OCH3 is 1. The molecule has 3 rings (SSSR count). The van der Waals surface area contributed by atoms with Crippen LogP contribution in [0.2, 0.25) is 0 Å². The lowest BCUT2D eigenvalue weighted by Crippen LogP contribution is -2.33. The molecule has 9 heteroatoms. The lowest BCUT2D eigenvalue weighted by Gasteiger charge is -2.20. The van der Waals surface area contributed by atoms with E-state index in [4.69, 9.17) is 14.9 Å². The normalized spacial score (nSPS) is 10.9. The van der Waals surface area contributed by atoms with Gasteiger partial charge >= 0.3 is 11.9 Å². The predicted octanol–water partition coefficient (Wildman–Crippen LogP) is 3.05. The highest BCUT2D eigenvalue weighted by Gasteiger charge is 2.12. The second kappa shape index (κ2) is 13.7. The van der Waals surface area contributed by atoms with Crippen LogP contribution in [-0.2, 0) is 22.6 Å². The van der Waals surface area contributed by atoms with E-state index < -0.39 is 11.9 Å². The van der Waals surface area contributed by atoms with Gasteiger partial charge in [-0.25, -0.2) is 14.6 Å². The zero-order valence-electron chi connectivity index (χ0n) is 20.2. The van der Waals surface area contributed by atoms with Crippen LogP contribution in [0.15, 0.2) is 65.5 Å². The topological polar surface area (TPSA) is 122 Å². The van der Waals surface area contributed by atoms with Crippen molar-refractivity contribution in [1.29, 1.82) is 0 Å². The van der Waals surface area contributed by atoms with Gasteiger partial charge in [-0.3, -0.25) is 4.79 Å². The van der Waals surface area contributed by atoms with Gasteiger partial charge in [0.2, 0.25) is 0 Å². The molecule has 0 saturated heterocycles. The standard InChI is InChI=1S/C22H27N3O2.C4H4O4/c1-4-24(5-2)14-15-25-21-9-7-6-8-19(21)23-20(22(25)26)16-17-10-12-18(27-3)13-11-17;5-3(6)1-2-4(7)8/h6-13H,4-5,14-16H2,1-3H3;1-2H,(H,5,6)(H,7,8)/b;2-1+. The molecule has 186 valence electrons. The number of likely N-dealkylation sites (N-methyl/N-ethyl adjacent to an activating group) is 1. The fraction of sp³-hybridized carbons (Fsp3) is 0.308. The molecule has 2 aromatic carbocycles. The zero-order chi connectivity index (χ0) is 25.8. The Hall–Kier alpha value is -3.98. The first kappa shape index (κ1) is 27.3. The molecule has 0 spiro atoms. The highest BCUT2D eigenvalue weighted by Crippen LogP contribution is 2.15. The van der Waals surface area contributed by atoms with Crippen molar-refractivity contribution < 1.29 is 24.5 Å². The summed E-state index contributed by atoms with van der Waals surface area (Å²) in [5, 5.41) is 15.6. The number of carboxylic acid groups (broad SMARTS) is 2. The molecule has 2 N–H and O–H groups in total. The number of ether oxygens (including phenoxy) is 1. The van der Waals surface area contributed by atoms with Crippen molar-refractivity contribution in [1.82, 2.24) is 14.5 Å². The third-order valence-electron chi connectivity index (χ3n) is 5.35. The van der Waals surface area contributed by atoms with Gasteiger partial charge in [-0.2, -0.15) is 0 Å². The van der Waals surface area contributed by atoms with Gasteiger partial charge in [0.15, 0.2) is 0 Å². The average Bonchev–Trinajstić information content (AvgIpc) is 2.86. The van der Waals surface area contributed by atoms with E-state index in [1.54, 1.807) is 7.11 Å². The van der Waals surface area contributed by atoms with Crippen LogP contribution in [0, 0.1) is 0 Å². The number of para-hydroxylation sites is 2. The average molecular weight is 482 g/mol. The van der Waals surface area contributed by atoms with Gasteiger partial charge in [-0.15, -0.1) is 0 Å². The number of fused-ring (bicyclic) bond motifs is 1. The van der Waals surface area contributed by atoms with E-state index >= 15 is 0 Å². The number of benzene rings is 2. The number of hydrogen-bond acceptors (Lipinski definition) is 6. The van der Waals surface area contributed by atoms with E-state index in [1.165, 1.54) is 0 Å². The molecule has 0 aliphatic carbocycles. The molecular weight excluding hydrogens is 450 g/mol. The van der Waals surface area contributed by atoms with Crippen molar-refractivity contribution in [2.45, 2.75) is 26.8 Å². The Morgan fingerprint density at radius 1 is 1.00 bits per heavy atom. The molecule has 0 fully saturated rings. The Morgan fingerprint density at radius 2 is 1.60 bits per heavy atom. The maximum atomic E-state index is 13.2. The van der Waals surface area contributed by atoms with Crippen molar-refractivity contribution in [3.8, 4) is 5.75 Å². The van der Waals surface area contributed by atoms with E-state index in [2.05, 4.69) is 23.7 Å². The molecule has 0 bridgehead atoms. The van der Waals surface area contributed by atoms with Crippen LogP contribution in [0.4, 0.5) is 0 Å². The largest absolute Gasteiger partial charge is 0.497 e. The minimum Gasteiger partial charge on any atom is -0.497 e. The first-order chi connectivity index (χ1) is 16.8. The minimum atomic E-state index is -1.26. The van der Waals surface area contributed by atoms with Crippen molar-refractivity contribution >= 4 is 23.0 Å². The first-order valence-corrected chi connectivity index (χ1v) is 11.3. The summed E-state index contributed by atoms with van der Waals surface area (Å²) in [4.78, 5) is 39.3. The van der Waals surface area contributed by atoms with Crippen LogP contribution in [0.25, 0.3) is 11.0 Å². The SMILES string of the molecule is CCN(CC)CCn1c(=O)c(Cc2ccc(OC)cc2)nc2ccccc21.O=C(O)/C=C/C(=O)O. The second-order valence-electron chi connectivity index (χ2n) is 7.57. The molecule has 3 aromatic rings. The molecule has 0 radical (unpaired) electrons. The fourth-order valence-corrected chi connectivity index (χ4v) is 3.44. The third-order valence-corrected chi connectivity index (χ3v) is 5.35. The molecule has 0 saturated carbocycles. The fourth-order valence-electron chi connectivity index (χ4n) is 3.44. The summed E-state index contributed by atoms with van der Waals surface area (Å²) in [6.45, 7) is 7.76. The Bertz CT molecular complexity index is 1200. The lowest BCUT2D eigenvalue weighted by atomic mass is 10.1. The van der Waals surface area contributed by atoms with Gasteiger partial charge < -0.3 is 24.4 Å². The molecule has 0 aliphatic rings. The van der Waals surface area contributed by atoms with Gasteiger partial charge in [0.1, 0.15) is 11.4 Å². The number of aromatic nitrogens is 2. The molecular formula is C26H31N3O6. The monoisotopic (exact) mass is 481 g/mol. The van der Waals surface area contributed by atoms with Crippen molar-refractivity contribution in [3.05, 3.63) is 82.3 Å². The van der Waals surface area contributed by atoms with Gasteiger partial charge in [-0.1, -0.05) is 38.1 Å². The van der Waals surface area contributed by atoms with Crippen LogP contribution < -0.4 is 10.3 Å². The van der Waals surface area contributed by atoms with Crippen LogP contribution in [0.5, 0.6) is 5.75 Å². The predicted molar refractivity (Wildman–Crippen MR) is 134 cm³/mol. The molecule has 0 unspecified atom stereocenters. The van der Waals surface area contributed by atoms with Gasteiger partial charge in [0.05, 0.1) is 18.1 Å². The summed E-state index contributed by atoms with van der Waals surface area (Å²) in [5.74, 6) is -1.71. The van der Waals surface area contributed by atoms with E-state index in [9.17, 15) is 14.4 Å². The van der Waals surface area contributed by atoms with Gasteiger partial charge in [-0.05, 0) is 42.9 Å². The quantitative estimate of drug-likeness (QED) is 0.424. The van der Waals surface area contributed by atoms with Crippen molar-refractivity contribution in [3.63, 3.8) is 0 Å². The summed E-state index contributed by atoms with van der Waals surface area (Å²) in [6.07, 6.45) is 1.63. The molecule has 9 nitrogen and oxygen atoms in total. The molecule has 0 aliphatic heterocycles. The summed E-state index contributed by atoms with van der Waals surface area (Å²) in [5.41, 5.74) is 3.38. The van der Waals surface area contributed by atoms with E-state index in [-0.39, 0.29) is 5.56 Å². The summed E-state index contributed by atoms with van der Waals surface area (Å²) in [7, 11) is 1.65. The molecule has 35 heavy (non-hydrogen) atoms. The van der Waals surface area contributed by atoms with Crippen molar-refractivity contribution in [2.24, 2.45) is 0 Å². The number of nitrogens with zero attached hydrogens (tertiary/aromatic N) is 3. The maximum absolute atomic E-state index is 13.2. The van der Waals surface area contributed by atoms with E-state index in [0.29, 0.717) is 30.8 Å². The lowest BCUT2D eigenvalue weighted by molar-refractivity contribution is -0.134. The number of aliphatic carboxylic acids is 2. The molecule has 0 atom stereocenters.